The Balaban J connectivity index is 2.30. The Morgan fingerprint density at radius 2 is 2.06 bits per heavy atom. The van der Waals surface area contributed by atoms with Crippen LogP contribution >= 0.6 is 0 Å². The van der Waals surface area contributed by atoms with E-state index < -0.39 is 0 Å². The molecule has 2 atom stereocenters. The van der Waals surface area contributed by atoms with Crippen LogP contribution in [0.2, 0.25) is 0 Å². The second-order valence-electron chi connectivity index (χ2n) is 5.64. The number of carbonyl (C=O) groups excluding carboxylic acids is 1. The fourth-order valence-electron chi connectivity index (χ4n) is 3.09. The van der Waals surface area contributed by atoms with E-state index in [4.69, 9.17) is 0 Å². The maximum atomic E-state index is 12.2. The number of nitrogens with zero attached hydrogens (tertiary/aromatic N) is 1. The van der Waals surface area contributed by atoms with Gasteiger partial charge in [0.25, 0.3) is 0 Å². The van der Waals surface area contributed by atoms with E-state index in [-0.39, 0.29) is 12.0 Å². The van der Waals surface area contributed by atoms with Crippen molar-refractivity contribution < 1.29 is 4.79 Å². The first-order chi connectivity index (χ1) is 8.59. The van der Waals surface area contributed by atoms with Crippen molar-refractivity contribution in [3.05, 3.63) is 35.4 Å². The number of Topliss-reactive ketones (excluding diaryl/α,β-unsaturated/α-hetero) is 1. The molecule has 1 aromatic rings. The molecule has 98 valence electrons. The van der Waals surface area contributed by atoms with Gasteiger partial charge >= 0.3 is 0 Å². The maximum absolute atomic E-state index is 12.2. The Hall–Kier alpha value is -1.15. The third-order valence-corrected chi connectivity index (χ3v) is 3.92. The van der Waals surface area contributed by atoms with Crippen LogP contribution in [-0.2, 0) is 4.79 Å². The number of rotatable bonds is 3. The number of hydrogen-bond acceptors (Lipinski definition) is 2. The van der Waals surface area contributed by atoms with Crippen LogP contribution in [0.3, 0.4) is 0 Å². The van der Waals surface area contributed by atoms with Gasteiger partial charge < -0.3 is 4.90 Å². The van der Waals surface area contributed by atoms with E-state index in [1.807, 2.05) is 0 Å². The fraction of sp³-hybridized carbons (Fsp3) is 0.562. The molecule has 0 bridgehead atoms. The molecule has 0 aliphatic heterocycles. The minimum atomic E-state index is 0.176. The summed E-state index contributed by atoms with van der Waals surface area (Å²) in [6.07, 6.45) is 4.06. The highest BCUT2D eigenvalue weighted by molar-refractivity contribution is 5.82. The molecule has 0 aromatic heterocycles. The van der Waals surface area contributed by atoms with E-state index in [0.717, 1.165) is 19.3 Å². The predicted octanol–water partition coefficient (Wildman–Crippen LogP) is 3.36. The van der Waals surface area contributed by atoms with E-state index in [9.17, 15) is 4.79 Å². The summed E-state index contributed by atoms with van der Waals surface area (Å²) in [5.41, 5.74) is 2.54. The van der Waals surface area contributed by atoms with Gasteiger partial charge in [0, 0.05) is 18.4 Å². The van der Waals surface area contributed by atoms with Gasteiger partial charge in [0.2, 0.25) is 0 Å². The van der Waals surface area contributed by atoms with E-state index >= 15 is 0 Å². The Morgan fingerprint density at radius 1 is 1.28 bits per heavy atom. The second-order valence-corrected chi connectivity index (χ2v) is 5.64. The molecule has 1 saturated carbocycles. The van der Waals surface area contributed by atoms with Gasteiger partial charge in [0.05, 0.1) is 0 Å². The van der Waals surface area contributed by atoms with Crippen molar-refractivity contribution in [2.45, 2.75) is 38.6 Å². The smallest absolute Gasteiger partial charge is 0.137 e. The predicted molar refractivity (Wildman–Crippen MR) is 74.6 cm³/mol. The lowest BCUT2D eigenvalue weighted by atomic mass is 9.79. The molecule has 1 aliphatic rings. The molecule has 1 fully saturated rings. The molecule has 1 aromatic carbocycles. The molecular weight excluding hydrogens is 222 g/mol. The minimum absolute atomic E-state index is 0.176. The van der Waals surface area contributed by atoms with Crippen molar-refractivity contribution in [1.82, 2.24) is 4.90 Å². The van der Waals surface area contributed by atoms with Crippen LogP contribution in [0.25, 0.3) is 0 Å². The number of aryl methyl sites for hydroxylation is 1. The van der Waals surface area contributed by atoms with Crippen LogP contribution in [0.4, 0.5) is 0 Å². The standard InChI is InChI=1S/C16H23NO/c1-12-7-6-8-13(11-12)16(17(2)3)14-9-4-5-10-15(14)18/h6-8,11,14,16H,4-5,9-10H2,1-3H3. The third kappa shape index (κ3) is 2.81. The molecule has 0 spiro atoms. The highest BCUT2D eigenvalue weighted by Gasteiger charge is 2.32. The zero-order chi connectivity index (χ0) is 13.1. The van der Waals surface area contributed by atoms with Crippen LogP contribution < -0.4 is 0 Å². The summed E-state index contributed by atoms with van der Waals surface area (Å²) in [5, 5.41) is 0. The first kappa shape index (κ1) is 13.3. The van der Waals surface area contributed by atoms with Crippen molar-refractivity contribution in [3.8, 4) is 0 Å². The van der Waals surface area contributed by atoms with Gasteiger partial charge in [-0.2, -0.15) is 0 Å². The first-order valence-electron chi connectivity index (χ1n) is 6.85. The average molecular weight is 245 g/mol. The molecule has 0 saturated heterocycles. The van der Waals surface area contributed by atoms with Gasteiger partial charge in [-0.05, 0) is 39.4 Å². The lowest BCUT2D eigenvalue weighted by Crippen LogP contribution is -2.34. The van der Waals surface area contributed by atoms with E-state index in [1.54, 1.807) is 0 Å². The second kappa shape index (κ2) is 5.66. The molecular formula is C16H23NO. The number of ketones is 1. The molecule has 18 heavy (non-hydrogen) atoms. The quantitative estimate of drug-likeness (QED) is 0.814. The average Bonchev–Trinajstić information content (AvgIpc) is 2.32. The van der Waals surface area contributed by atoms with E-state index in [2.05, 4.69) is 50.2 Å². The monoisotopic (exact) mass is 245 g/mol. The summed E-state index contributed by atoms with van der Waals surface area (Å²) in [4.78, 5) is 14.4. The third-order valence-electron chi connectivity index (χ3n) is 3.92. The zero-order valence-electron chi connectivity index (χ0n) is 11.6. The summed E-state index contributed by atoms with van der Waals surface area (Å²) in [5.74, 6) is 0.622. The Labute approximate surface area is 110 Å². The molecule has 0 radical (unpaired) electrons. The van der Waals surface area contributed by atoms with Gasteiger partial charge in [0.15, 0.2) is 0 Å². The Morgan fingerprint density at radius 3 is 2.67 bits per heavy atom. The topological polar surface area (TPSA) is 20.3 Å². The Bertz CT molecular complexity index is 425. The van der Waals surface area contributed by atoms with E-state index in [1.165, 1.54) is 17.5 Å². The zero-order valence-corrected chi connectivity index (χ0v) is 11.6. The minimum Gasteiger partial charge on any atom is -0.302 e. The summed E-state index contributed by atoms with van der Waals surface area (Å²) in [7, 11) is 4.16. The highest BCUT2D eigenvalue weighted by atomic mass is 16.1. The summed E-state index contributed by atoms with van der Waals surface area (Å²) in [6, 6.07) is 8.80. The van der Waals surface area contributed by atoms with Crippen LogP contribution in [0, 0.1) is 12.8 Å². The molecule has 2 heteroatoms. The van der Waals surface area contributed by atoms with Crippen molar-refractivity contribution in [2.24, 2.45) is 5.92 Å². The number of hydrogen-bond donors (Lipinski definition) is 0. The van der Waals surface area contributed by atoms with Crippen LogP contribution in [-0.4, -0.2) is 24.8 Å². The van der Waals surface area contributed by atoms with Crippen molar-refractivity contribution in [2.75, 3.05) is 14.1 Å². The van der Waals surface area contributed by atoms with Gasteiger partial charge in [-0.15, -0.1) is 0 Å². The molecule has 2 rings (SSSR count). The molecule has 2 nitrogen and oxygen atoms in total. The van der Waals surface area contributed by atoms with Crippen LogP contribution in [0.5, 0.6) is 0 Å². The normalized spacial score (nSPS) is 22.2. The molecule has 0 heterocycles. The fourth-order valence-corrected chi connectivity index (χ4v) is 3.09. The molecule has 0 amide bonds. The van der Waals surface area contributed by atoms with E-state index in [0.29, 0.717) is 5.78 Å². The summed E-state index contributed by atoms with van der Waals surface area (Å²) >= 11 is 0. The number of benzene rings is 1. The molecule has 1 aliphatic carbocycles. The van der Waals surface area contributed by atoms with Crippen molar-refractivity contribution >= 4 is 5.78 Å². The summed E-state index contributed by atoms with van der Waals surface area (Å²) in [6.45, 7) is 2.11. The Kier molecular flexibility index (Phi) is 4.18. The van der Waals surface area contributed by atoms with Gasteiger partial charge in [-0.25, -0.2) is 0 Å². The molecule has 0 N–H and O–H groups in total. The SMILES string of the molecule is Cc1cccc(C(C2CCCCC2=O)N(C)C)c1. The molecule has 2 unspecified atom stereocenters. The number of carbonyl (C=O) groups is 1. The van der Waals surface area contributed by atoms with Crippen LogP contribution in [0.1, 0.15) is 42.9 Å². The lowest BCUT2D eigenvalue weighted by molar-refractivity contribution is -0.126. The first-order valence-corrected chi connectivity index (χ1v) is 6.85. The summed E-state index contributed by atoms with van der Waals surface area (Å²) < 4.78 is 0. The maximum Gasteiger partial charge on any atom is 0.137 e. The largest absolute Gasteiger partial charge is 0.302 e. The van der Waals surface area contributed by atoms with Crippen molar-refractivity contribution in [1.29, 1.82) is 0 Å². The van der Waals surface area contributed by atoms with Crippen LogP contribution in [0.15, 0.2) is 24.3 Å². The van der Waals surface area contributed by atoms with Crippen molar-refractivity contribution in [3.63, 3.8) is 0 Å². The van der Waals surface area contributed by atoms with Gasteiger partial charge in [-0.3, -0.25) is 4.79 Å². The van der Waals surface area contributed by atoms with Gasteiger partial charge in [0.1, 0.15) is 5.78 Å². The lowest BCUT2D eigenvalue weighted by Gasteiger charge is -2.34. The van der Waals surface area contributed by atoms with Gasteiger partial charge in [-0.1, -0.05) is 36.2 Å². The highest BCUT2D eigenvalue weighted by Crippen LogP contribution is 2.35.